The second-order valence-electron chi connectivity index (χ2n) is 11.1. The Balaban J connectivity index is -0.0000000894. The average molecular weight is 747 g/mol. The molecular weight excluding hydrogens is 672 g/mol. The Morgan fingerprint density at radius 2 is 0.529 bits per heavy atom. The van der Waals surface area contributed by atoms with Gasteiger partial charge in [0.25, 0.3) is 0 Å². The van der Waals surface area contributed by atoms with Crippen LogP contribution in [0.1, 0.15) is 176 Å². The highest BCUT2D eigenvalue weighted by atomic mass is 16.4. The van der Waals surface area contributed by atoms with Crippen LogP contribution in [0.15, 0.2) is 0 Å². The molecule has 308 valence electrons. The monoisotopic (exact) mass is 747 g/mol. The second kappa shape index (κ2) is 58.9. The topological polar surface area (TPSA) is 284 Å². The van der Waals surface area contributed by atoms with E-state index in [0.29, 0.717) is 38.5 Å². The van der Waals surface area contributed by atoms with E-state index in [4.69, 9.17) is 46.0 Å². The van der Waals surface area contributed by atoms with Gasteiger partial charge in [-0.1, -0.05) is 99.3 Å². The molecule has 9 N–H and O–H groups in total. The summed E-state index contributed by atoms with van der Waals surface area (Å²) in [6.07, 6.45) is 15.8. The summed E-state index contributed by atoms with van der Waals surface area (Å²) in [6, 6.07) is 0. The maximum atomic E-state index is 9.96. The zero-order chi connectivity index (χ0) is 41.3. The van der Waals surface area contributed by atoms with Crippen LogP contribution in [0, 0.1) is 0 Å². The smallest absolute Gasteiger partial charge is 0.303 e. The van der Waals surface area contributed by atoms with E-state index in [1.54, 1.807) is 0 Å². The van der Waals surface area contributed by atoms with Crippen LogP contribution in [0.5, 0.6) is 0 Å². The first-order valence-electron chi connectivity index (χ1n) is 18.1. The number of aliphatic hydroxyl groups excluding tert-OH is 3. The van der Waals surface area contributed by atoms with Crippen LogP contribution < -0.4 is 0 Å². The molecule has 0 aromatic heterocycles. The minimum atomic E-state index is -0.954. The third kappa shape index (κ3) is 122. The molecule has 51 heavy (non-hydrogen) atoms. The van der Waals surface area contributed by atoms with Crippen molar-refractivity contribution in [1.29, 1.82) is 0 Å². The molecule has 0 rings (SSSR count). The maximum absolute atomic E-state index is 9.96. The van der Waals surface area contributed by atoms with Crippen LogP contribution >= 0.6 is 0 Å². The summed E-state index contributed by atoms with van der Waals surface area (Å²) in [6.45, 7) is 11.1. The van der Waals surface area contributed by atoms with Crippen molar-refractivity contribution in [3.8, 4) is 0 Å². The molecule has 0 aromatic rings. The van der Waals surface area contributed by atoms with Crippen molar-refractivity contribution in [2.24, 2.45) is 0 Å². The molecule has 0 bridgehead atoms. The minimum Gasteiger partial charge on any atom is -0.481 e. The van der Waals surface area contributed by atoms with E-state index in [-0.39, 0.29) is 13.2 Å². The van der Waals surface area contributed by atoms with E-state index in [1.165, 1.54) is 19.3 Å². The van der Waals surface area contributed by atoms with E-state index in [0.717, 1.165) is 77.0 Å². The van der Waals surface area contributed by atoms with E-state index in [1.807, 2.05) is 20.8 Å². The number of carbonyl (C=O) groups is 6. The summed E-state index contributed by atoms with van der Waals surface area (Å²) < 4.78 is 0. The summed E-state index contributed by atoms with van der Waals surface area (Å²) in [5, 5.41) is 72.4. The Morgan fingerprint density at radius 3 is 0.608 bits per heavy atom. The number of hydrogen-bond acceptors (Lipinski definition) is 9. The van der Waals surface area contributed by atoms with E-state index < -0.39 is 41.9 Å². The number of hydrogen-bond donors (Lipinski definition) is 9. The average Bonchev–Trinajstić information content (AvgIpc) is 3.04. The van der Waals surface area contributed by atoms with Crippen LogP contribution in [-0.2, 0) is 28.8 Å². The summed E-state index contributed by atoms with van der Waals surface area (Å²) in [7, 11) is 0. The lowest BCUT2D eigenvalue weighted by molar-refractivity contribution is -0.138. The van der Waals surface area contributed by atoms with Gasteiger partial charge in [-0.2, -0.15) is 0 Å². The zero-order valence-corrected chi connectivity index (χ0v) is 32.3. The molecular formula is C36H74O15. The molecule has 0 saturated carbocycles. The third-order valence-electron chi connectivity index (χ3n) is 5.55. The first-order valence-corrected chi connectivity index (χ1v) is 18.1. The Labute approximate surface area is 306 Å². The summed E-state index contributed by atoms with van der Waals surface area (Å²) in [5.41, 5.74) is 0. The van der Waals surface area contributed by atoms with E-state index >= 15 is 0 Å². The van der Waals surface area contributed by atoms with Crippen molar-refractivity contribution in [2.75, 3.05) is 13.2 Å². The van der Waals surface area contributed by atoms with Gasteiger partial charge in [0.1, 0.15) is 6.10 Å². The van der Waals surface area contributed by atoms with Crippen molar-refractivity contribution in [3.05, 3.63) is 0 Å². The van der Waals surface area contributed by atoms with Gasteiger partial charge >= 0.3 is 35.8 Å². The summed E-state index contributed by atoms with van der Waals surface area (Å²) in [5.74, 6) is -4.16. The highest BCUT2D eigenvalue weighted by molar-refractivity contribution is 5.67. The first-order chi connectivity index (χ1) is 23.9. The molecule has 0 heterocycles. The SMILES string of the molecule is CCCC(=O)O.CCCC(=O)O.CCCC(=O)O.CCCCCCC(=O)O.CCCCCCC(=O)O.CCCCCCC(=O)O.OCC(O)CO. The van der Waals surface area contributed by atoms with Gasteiger partial charge in [-0.15, -0.1) is 0 Å². The predicted octanol–water partition coefficient (Wildman–Crippen LogP) is 7.07. The quantitative estimate of drug-likeness (QED) is 0.0473. The summed E-state index contributed by atoms with van der Waals surface area (Å²) in [4.78, 5) is 58.7. The predicted molar refractivity (Wildman–Crippen MR) is 197 cm³/mol. The number of aliphatic carboxylic acids is 6. The van der Waals surface area contributed by atoms with E-state index in [2.05, 4.69) is 20.8 Å². The molecule has 0 atom stereocenters. The van der Waals surface area contributed by atoms with Gasteiger partial charge in [-0.05, 0) is 38.5 Å². The normalized spacial score (nSPS) is 9.06. The number of carboxylic acid groups (broad SMARTS) is 6. The Hall–Kier alpha value is -3.30. The van der Waals surface area contributed by atoms with Crippen LogP contribution in [0.25, 0.3) is 0 Å². The molecule has 0 radical (unpaired) electrons. The van der Waals surface area contributed by atoms with Crippen molar-refractivity contribution in [3.63, 3.8) is 0 Å². The molecule has 0 aliphatic heterocycles. The minimum absolute atomic E-state index is 0.292. The standard InChI is InChI=1S/3C7H14O2.3C4H8O2.C3H8O3/c3*1-2-3-4-5-6-7(8)9;3*1-2-3-4(5)6;4-1-3(6)2-5/h3*2-6H2,1H3,(H,8,9);3*2-3H2,1H3,(H,5,6);3-6H,1-2H2. The highest BCUT2D eigenvalue weighted by Crippen LogP contribution is 2.02. The van der Waals surface area contributed by atoms with Crippen molar-refractivity contribution >= 4 is 35.8 Å². The fraction of sp³-hybridized carbons (Fsp3) is 0.833. The highest BCUT2D eigenvalue weighted by Gasteiger charge is 1.96. The number of unbranched alkanes of at least 4 members (excludes halogenated alkanes) is 9. The number of rotatable bonds is 23. The molecule has 0 unspecified atom stereocenters. The molecule has 0 spiro atoms. The molecule has 0 saturated heterocycles. The molecule has 0 aliphatic carbocycles. The second-order valence-corrected chi connectivity index (χ2v) is 11.1. The number of aliphatic hydroxyl groups is 3. The van der Waals surface area contributed by atoms with Crippen molar-refractivity contribution in [1.82, 2.24) is 0 Å². The first kappa shape index (κ1) is 62.8. The lowest BCUT2D eigenvalue weighted by Crippen LogP contribution is -2.15. The van der Waals surface area contributed by atoms with Crippen LogP contribution in [-0.4, -0.2) is 101 Å². The third-order valence-corrected chi connectivity index (χ3v) is 5.55. The van der Waals surface area contributed by atoms with Crippen LogP contribution in [0.3, 0.4) is 0 Å². The fourth-order valence-electron chi connectivity index (χ4n) is 2.81. The molecule has 0 fully saturated rings. The van der Waals surface area contributed by atoms with Gasteiger partial charge < -0.3 is 46.0 Å². The Morgan fingerprint density at radius 1 is 0.333 bits per heavy atom. The fourth-order valence-corrected chi connectivity index (χ4v) is 2.81. The van der Waals surface area contributed by atoms with Gasteiger partial charge in [-0.25, -0.2) is 0 Å². The lowest BCUT2D eigenvalue weighted by atomic mass is 10.2. The lowest BCUT2D eigenvalue weighted by Gasteiger charge is -1.96. The zero-order valence-electron chi connectivity index (χ0n) is 32.3. The van der Waals surface area contributed by atoms with Gasteiger partial charge in [0.05, 0.1) is 13.2 Å². The van der Waals surface area contributed by atoms with E-state index in [9.17, 15) is 28.8 Å². The largest absolute Gasteiger partial charge is 0.481 e. The number of carboxylic acids is 6. The molecule has 15 nitrogen and oxygen atoms in total. The molecule has 0 aliphatic rings. The Kier molecular flexibility index (Phi) is 72.5. The molecule has 0 aromatic carbocycles. The van der Waals surface area contributed by atoms with Crippen LogP contribution in [0.2, 0.25) is 0 Å². The van der Waals surface area contributed by atoms with Gasteiger partial charge in [0.2, 0.25) is 0 Å². The van der Waals surface area contributed by atoms with Gasteiger partial charge in [-0.3, -0.25) is 28.8 Å². The molecule has 0 amide bonds. The maximum Gasteiger partial charge on any atom is 0.303 e. The van der Waals surface area contributed by atoms with Gasteiger partial charge in [0.15, 0.2) is 0 Å². The van der Waals surface area contributed by atoms with Crippen LogP contribution in [0.4, 0.5) is 0 Å². The van der Waals surface area contributed by atoms with Crippen molar-refractivity contribution < 1.29 is 74.7 Å². The summed E-state index contributed by atoms with van der Waals surface area (Å²) >= 11 is 0. The molecule has 15 heteroatoms. The van der Waals surface area contributed by atoms with Gasteiger partial charge in [0, 0.05) is 38.5 Å². The van der Waals surface area contributed by atoms with Crippen molar-refractivity contribution in [2.45, 2.75) is 182 Å². The Bertz CT molecular complexity index is 665.